The Morgan fingerprint density at radius 1 is 1.11 bits per heavy atom. The van der Waals surface area contributed by atoms with Crippen LogP contribution in [0.15, 0.2) is 30.5 Å². The maximum atomic E-state index is 6.30. The average Bonchev–Trinajstić information content (AvgIpc) is 2.69. The number of benzene rings is 1. The summed E-state index contributed by atoms with van der Waals surface area (Å²) in [7, 11) is 1.94. The van der Waals surface area contributed by atoms with E-state index < -0.39 is 0 Å². The van der Waals surface area contributed by atoms with Gasteiger partial charge in [0.2, 0.25) is 0 Å². The molecule has 0 spiro atoms. The molecule has 0 aliphatic rings. The van der Waals surface area contributed by atoms with Gasteiger partial charge in [0, 0.05) is 18.3 Å². The fraction of sp³-hybridized carbons (Fsp3) is 0.400. The monoisotopic (exact) mass is 243 g/mol. The Kier molecular flexibility index (Phi) is 3.53. The minimum Gasteiger partial charge on any atom is -0.320 e. The predicted octanol–water partition coefficient (Wildman–Crippen LogP) is 2.90. The van der Waals surface area contributed by atoms with Crippen LogP contribution in [0.2, 0.25) is 0 Å². The van der Waals surface area contributed by atoms with E-state index in [9.17, 15) is 0 Å². The lowest BCUT2D eigenvalue weighted by Crippen LogP contribution is -2.13. The van der Waals surface area contributed by atoms with Crippen LogP contribution in [0.1, 0.15) is 48.2 Å². The Balaban J connectivity index is 2.29. The van der Waals surface area contributed by atoms with Crippen molar-refractivity contribution in [2.24, 2.45) is 12.8 Å². The molecule has 1 aromatic carbocycles. The molecule has 0 amide bonds. The van der Waals surface area contributed by atoms with Crippen molar-refractivity contribution < 1.29 is 0 Å². The lowest BCUT2D eigenvalue weighted by Gasteiger charge is -2.13. The highest BCUT2D eigenvalue weighted by atomic mass is 15.3. The zero-order valence-electron chi connectivity index (χ0n) is 11.5. The van der Waals surface area contributed by atoms with Crippen LogP contribution in [-0.2, 0) is 7.05 Å². The lowest BCUT2D eigenvalue weighted by atomic mass is 9.96. The van der Waals surface area contributed by atoms with Crippen LogP contribution >= 0.6 is 0 Å². The van der Waals surface area contributed by atoms with E-state index in [1.807, 2.05) is 24.9 Å². The molecule has 0 bridgehead atoms. The maximum absolute atomic E-state index is 6.30. The predicted molar refractivity (Wildman–Crippen MR) is 74.5 cm³/mol. The Bertz CT molecular complexity index is 523. The molecule has 0 fully saturated rings. The van der Waals surface area contributed by atoms with Crippen molar-refractivity contribution in [2.45, 2.75) is 32.7 Å². The van der Waals surface area contributed by atoms with E-state index in [0.29, 0.717) is 5.92 Å². The van der Waals surface area contributed by atoms with E-state index in [2.05, 4.69) is 43.2 Å². The average molecular weight is 243 g/mol. The van der Waals surface area contributed by atoms with E-state index in [1.165, 1.54) is 5.56 Å². The van der Waals surface area contributed by atoms with Crippen LogP contribution in [-0.4, -0.2) is 9.78 Å². The van der Waals surface area contributed by atoms with Crippen LogP contribution in [0, 0.1) is 6.92 Å². The summed E-state index contributed by atoms with van der Waals surface area (Å²) < 4.78 is 1.86. The van der Waals surface area contributed by atoms with Gasteiger partial charge < -0.3 is 5.73 Å². The van der Waals surface area contributed by atoms with Crippen LogP contribution in [0.5, 0.6) is 0 Å². The molecule has 3 nitrogen and oxygen atoms in total. The van der Waals surface area contributed by atoms with Crippen molar-refractivity contribution in [3.63, 3.8) is 0 Å². The second-order valence-electron chi connectivity index (χ2n) is 5.11. The summed E-state index contributed by atoms with van der Waals surface area (Å²) in [6.07, 6.45) is 1.86. The summed E-state index contributed by atoms with van der Waals surface area (Å²) in [5.74, 6) is 0.551. The van der Waals surface area contributed by atoms with Gasteiger partial charge in [0.15, 0.2) is 0 Å². The highest BCUT2D eigenvalue weighted by Crippen LogP contribution is 2.24. The first kappa shape index (κ1) is 12.8. The van der Waals surface area contributed by atoms with Gasteiger partial charge in [-0.2, -0.15) is 5.10 Å². The molecule has 0 aliphatic heterocycles. The van der Waals surface area contributed by atoms with Crippen molar-refractivity contribution in [2.75, 3.05) is 0 Å². The molecule has 2 N–H and O–H groups in total. The quantitative estimate of drug-likeness (QED) is 0.900. The Morgan fingerprint density at radius 2 is 1.67 bits per heavy atom. The molecule has 3 heteroatoms. The van der Waals surface area contributed by atoms with E-state index in [-0.39, 0.29) is 6.04 Å². The van der Waals surface area contributed by atoms with Crippen LogP contribution in [0.25, 0.3) is 0 Å². The first-order chi connectivity index (χ1) is 8.50. The first-order valence-electron chi connectivity index (χ1n) is 6.34. The molecule has 2 rings (SSSR count). The standard InChI is InChI=1S/C15H21N3/c1-10(2)12-5-7-13(8-6-12)15(16)14-9-17-18(4)11(14)3/h5-10,15H,16H2,1-4H3. The third-order valence-corrected chi connectivity index (χ3v) is 3.57. The third-order valence-electron chi connectivity index (χ3n) is 3.57. The SMILES string of the molecule is Cc1c(C(N)c2ccc(C(C)C)cc2)cnn1C. The molecule has 1 heterocycles. The molecule has 1 unspecified atom stereocenters. The van der Waals surface area contributed by atoms with E-state index in [0.717, 1.165) is 16.8 Å². The Hall–Kier alpha value is -1.61. The van der Waals surface area contributed by atoms with Gasteiger partial charge in [0.1, 0.15) is 0 Å². The van der Waals surface area contributed by atoms with Crippen LogP contribution in [0.3, 0.4) is 0 Å². The number of nitrogens with two attached hydrogens (primary N) is 1. The van der Waals surface area contributed by atoms with Crippen molar-refractivity contribution in [3.05, 3.63) is 52.8 Å². The maximum Gasteiger partial charge on any atom is 0.0585 e. The number of rotatable bonds is 3. The second-order valence-corrected chi connectivity index (χ2v) is 5.11. The van der Waals surface area contributed by atoms with Crippen molar-refractivity contribution in [1.29, 1.82) is 0 Å². The largest absolute Gasteiger partial charge is 0.320 e. The molecule has 2 aromatic rings. The highest BCUT2D eigenvalue weighted by molar-refractivity contribution is 5.34. The first-order valence-corrected chi connectivity index (χ1v) is 6.34. The number of aryl methyl sites for hydroxylation is 1. The summed E-state index contributed by atoms with van der Waals surface area (Å²) in [6, 6.07) is 8.45. The zero-order valence-corrected chi connectivity index (χ0v) is 11.5. The second kappa shape index (κ2) is 4.94. The summed E-state index contributed by atoms with van der Waals surface area (Å²) in [5.41, 5.74) is 11.0. The van der Waals surface area contributed by atoms with Gasteiger partial charge >= 0.3 is 0 Å². The fourth-order valence-corrected chi connectivity index (χ4v) is 2.09. The molecular weight excluding hydrogens is 222 g/mol. The Labute approximate surface area is 109 Å². The van der Waals surface area contributed by atoms with Crippen LogP contribution in [0.4, 0.5) is 0 Å². The molecular formula is C15H21N3. The molecule has 1 aromatic heterocycles. The van der Waals surface area contributed by atoms with Crippen molar-refractivity contribution >= 4 is 0 Å². The van der Waals surface area contributed by atoms with E-state index in [1.54, 1.807) is 0 Å². The van der Waals surface area contributed by atoms with Crippen molar-refractivity contribution in [1.82, 2.24) is 9.78 Å². The number of aromatic nitrogens is 2. The summed E-state index contributed by atoms with van der Waals surface area (Å²) in [6.45, 7) is 6.44. The van der Waals surface area contributed by atoms with Gasteiger partial charge in [-0.3, -0.25) is 4.68 Å². The van der Waals surface area contributed by atoms with Crippen LogP contribution < -0.4 is 5.73 Å². The molecule has 0 saturated carbocycles. The lowest BCUT2D eigenvalue weighted by molar-refractivity contribution is 0.734. The van der Waals surface area contributed by atoms with Gasteiger partial charge in [-0.1, -0.05) is 38.1 Å². The molecule has 1 atom stereocenters. The summed E-state index contributed by atoms with van der Waals surface area (Å²) in [4.78, 5) is 0. The topological polar surface area (TPSA) is 43.8 Å². The molecule has 0 aliphatic carbocycles. The highest BCUT2D eigenvalue weighted by Gasteiger charge is 2.14. The summed E-state index contributed by atoms with van der Waals surface area (Å²) in [5, 5.41) is 4.25. The van der Waals surface area contributed by atoms with Gasteiger partial charge in [-0.05, 0) is 24.0 Å². The number of hydrogen-bond donors (Lipinski definition) is 1. The number of hydrogen-bond acceptors (Lipinski definition) is 2. The van der Waals surface area contributed by atoms with E-state index >= 15 is 0 Å². The van der Waals surface area contributed by atoms with Gasteiger partial charge in [-0.15, -0.1) is 0 Å². The summed E-state index contributed by atoms with van der Waals surface area (Å²) >= 11 is 0. The fourth-order valence-electron chi connectivity index (χ4n) is 2.09. The van der Waals surface area contributed by atoms with Crippen molar-refractivity contribution in [3.8, 4) is 0 Å². The van der Waals surface area contributed by atoms with Gasteiger partial charge in [0.25, 0.3) is 0 Å². The normalized spacial score (nSPS) is 13.0. The smallest absolute Gasteiger partial charge is 0.0585 e. The van der Waals surface area contributed by atoms with Gasteiger partial charge in [0.05, 0.1) is 12.2 Å². The van der Waals surface area contributed by atoms with E-state index in [4.69, 9.17) is 5.73 Å². The third kappa shape index (κ3) is 2.31. The zero-order chi connectivity index (χ0) is 13.3. The number of nitrogens with zero attached hydrogens (tertiary/aromatic N) is 2. The molecule has 0 saturated heterocycles. The minimum atomic E-state index is -0.0973. The minimum absolute atomic E-state index is 0.0973. The molecule has 0 radical (unpaired) electrons. The molecule has 96 valence electrons. The molecule has 18 heavy (non-hydrogen) atoms. The van der Waals surface area contributed by atoms with Gasteiger partial charge in [-0.25, -0.2) is 0 Å². The Morgan fingerprint density at radius 3 is 2.11 bits per heavy atom.